The lowest BCUT2D eigenvalue weighted by atomic mass is 9.83. The molecule has 2 aliphatic carbocycles. The largest absolute Gasteiger partial charge is 0.0610 e. The molecule has 0 heterocycles. The molecule has 2 aliphatic rings. The van der Waals surface area contributed by atoms with Gasteiger partial charge in [0.15, 0.2) is 0 Å². The van der Waals surface area contributed by atoms with Crippen LogP contribution in [-0.2, 0) is 10.8 Å². The predicted molar refractivity (Wildman–Crippen MR) is 251 cm³/mol. The first kappa shape index (κ1) is 33.6. The molecule has 12 rings (SSSR count). The Kier molecular flexibility index (Phi) is 6.70. The summed E-state index contributed by atoms with van der Waals surface area (Å²) in [4.78, 5) is 0. The van der Waals surface area contributed by atoms with Gasteiger partial charge in [-0.15, -0.1) is 0 Å². The van der Waals surface area contributed by atoms with Gasteiger partial charge in [0.25, 0.3) is 0 Å². The molecule has 0 aliphatic heterocycles. The molecule has 0 fully saturated rings. The summed E-state index contributed by atoms with van der Waals surface area (Å²) in [5, 5.41) is 13.1. The molecular formula is C58H44. The molecule has 58 heavy (non-hydrogen) atoms. The number of fused-ring (bicyclic) bond motifs is 11. The zero-order chi connectivity index (χ0) is 39.2. The van der Waals surface area contributed by atoms with Crippen molar-refractivity contribution >= 4 is 53.9 Å². The van der Waals surface area contributed by atoms with Crippen molar-refractivity contribution in [2.45, 2.75) is 52.4 Å². The van der Waals surface area contributed by atoms with E-state index in [0.717, 1.165) is 0 Å². The molecule has 0 bridgehead atoms. The molecule has 0 amide bonds. The Morgan fingerprint density at radius 3 is 0.845 bits per heavy atom. The molecule has 10 aromatic carbocycles. The minimum absolute atomic E-state index is 0.0771. The molecule has 10 aromatic rings. The lowest BCUT2D eigenvalue weighted by Crippen LogP contribution is -2.10. The molecule has 0 saturated heterocycles. The smallest absolute Gasteiger partial charge is 0.00264 e. The van der Waals surface area contributed by atoms with Crippen molar-refractivity contribution in [1.29, 1.82) is 0 Å². The monoisotopic (exact) mass is 740 g/mol. The molecule has 0 saturated carbocycles. The van der Waals surface area contributed by atoms with E-state index < -0.39 is 0 Å². The fourth-order valence-electron chi connectivity index (χ4n) is 10.4. The Balaban J connectivity index is 1.23. The summed E-state index contributed by atoms with van der Waals surface area (Å²) in [5.41, 5.74) is 18.6. The van der Waals surface area contributed by atoms with Crippen LogP contribution in [0.2, 0.25) is 0 Å². The Hall–Kier alpha value is -6.50. The molecule has 0 unspecified atom stereocenters. The molecule has 276 valence electrons. The van der Waals surface area contributed by atoms with Gasteiger partial charge in [-0.2, -0.15) is 0 Å². The second-order valence-electron chi connectivity index (χ2n) is 18.9. The summed E-state index contributed by atoms with van der Waals surface area (Å²) in [6, 6.07) is 61.0. The standard InChI is InChI=1S/C58H44/c1-57(2,3)37-23-19-33(20-24-37)43-27-51-52(53-31-47-41-17-9-13-35-11-7-15-39(55(35)41)45(47)29-49(43)53)28-44(34-21-25-38(26-22-34)58(4,5)6)50-30-46-40-16-8-12-36-14-10-18-42(56(36)40)48(46)32-54(50)51/h7-32H,1-6H3. The zero-order valence-electron chi connectivity index (χ0n) is 34.0. The van der Waals surface area contributed by atoms with Gasteiger partial charge in [0, 0.05) is 0 Å². The summed E-state index contributed by atoms with van der Waals surface area (Å²) in [6.07, 6.45) is 0. The third kappa shape index (κ3) is 4.69. The van der Waals surface area contributed by atoms with Crippen molar-refractivity contribution in [2.75, 3.05) is 0 Å². The molecule has 0 radical (unpaired) electrons. The van der Waals surface area contributed by atoms with Crippen molar-refractivity contribution in [3.63, 3.8) is 0 Å². The average Bonchev–Trinajstić information content (AvgIpc) is 3.72. The normalized spacial score (nSPS) is 13.0. The molecule has 0 atom stereocenters. The number of benzene rings is 10. The second kappa shape index (κ2) is 11.6. The van der Waals surface area contributed by atoms with Crippen LogP contribution < -0.4 is 0 Å². The highest BCUT2D eigenvalue weighted by Crippen LogP contribution is 2.54. The van der Waals surface area contributed by atoms with Crippen LogP contribution in [-0.4, -0.2) is 0 Å². The Labute approximate surface area is 340 Å². The van der Waals surface area contributed by atoms with Gasteiger partial charge < -0.3 is 0 Å². The first-order valence-corrected chi connectivity index (χ1v) is 20.8. The van der Waals surface area contributed by atoms with Crippen molar-refractivity contribution < 1.29 is 0 Å². The Morgan fingerprint density at radius 1 is 0.259 bits per heavy atom. The van der Waals surface area contributed by atoms with Crippen LogP contribution in [0.3, 0.4) is 0 Å². The Bertz CT molecular complexity index is 3170. The maximum absolute atomic E-state index is 2.52. The highest BCUT2D eigenvalue weighted by atomic mass is 14.3. The van der Waals surface area contributed by atoms with Gasteiger partial charge in [-0.05, 0) is 179 Å². The maximum Gasteiger partial charge on any atom is -0.00264 e. The fraction of sp³-hybridized carbons (Fsp3) is 0.138. The topological polar surface area (TPSA) is 0 Å². The van der Waals surface area contributed by atoms with Crippen LogP contribution in [0.25, 0.3) is 121 Å². The van der Waals surface area contributed by atoms with Crippen LogP contribution in [0, 0.1) is 0 Å². The lowest BCUT2D eigenvalue weighted by Gasteiger charge is -2.21. The van der Waals surface area contributed by atoms with Crippen LogP contribution in [0.5, 0.6) is 0 Å². The van der Waals surface area contributed by atoms with Gasteiger partial charge in [0.1, 0.15) is 0 Å². The summed E-state index contributed by atoms with van der Waals surface area (Å²) in [7, 11) is 0. The van der Waals surface area contributed by atoms with Crippen molar-refractivity contribution in [3.05, 3.63) is 169 Å². The first-order valence-electron chi connectivity index (χ1n) is 20.8. The van der Waals surface area contributed by atoms with Crippen molar-refractivity contribution in [1.82, 2.24) is 0 Å². The molecule has 0 nitrogen and oxygen atoms in total. The second-order valence-corrected chi connectivity index (χ2v) is 18.9. The van der Waals surface area contributed by atoms with E-state index in [-0.39, 0.29) is 10.8 Å². The summed E-state index contributed by atoms with van der Waals surface area (Å²) >= 11 is 0. The van der Waals surface area contributed by atoms with E-state index in [1.54, 1.807) is 0 Å². The van der Waals surface area contributed by atoms with E-state index in [4.69, 9.17) is 0 Å². The van der Waals surface area contributed by atoms with Gasteiger partial charge in [-0.25, -0.2) is 0 Å². The van der Waals surface area contributed by atoms with Crippen LogP contribution in [0.15, 0.2) is 158 Å². The highest BCUT2D eigenvalue weighted by Gasteiger charge is 2.27. The average molecular weight is 741 g/mol. The quantitative estimate of drug-likeness (QED) is 0.155. The number of rotatable bonds is 2. The summed E-state index contributed by atoms with van der Waals surface area (Å²) in [5.74, 6) is 0. The van der Waals surface area contributed by atoms with Crippen molar-refractivity contribution in [2.24, 2.45) is 0 Å². The van der Waals surface area contributed by atoms with E-state index in [2.05, 4.69) is 199 Å². The maximum atomic E-state index is 2.52. The minimum Gasteiger partial charge on any atom is -0.0610 e. The van der Waals surface area contributed by atoms with E-state index in [0.29, 0.717) is 0 Å². The zero-order valence-corrected chi connectivity index (χ0v) is 34.0. The van der Waals surface area contributed by atoms with Gasteiger partial charge in [-0.1, -0.05) is 163 Å². The SMILES string of the molecule is CC(C)(C)c1ccc(-c2cc3c4cc5c(cc4c(-c4ccc(C(C)(C)C)cc4)cc3c3cc4c(cc23)-c2cccc3cccc-4c23)-c2cccc3cccc-5c23)cc1. The molecule has 0 aromatic heterocycles. The van der Waals surface area contributed by atoms with Crippen molar-refractivity contribution in [3.8, 4) is 66.8 Å². The first-order chi connectivity index (χ1) is 28.0. The van der Waals surface area contributed by atoms with Crippen LogP contribution >= 0.6 is 0 Å². The lowest BCUT2D eigenvalue weighted by molar-refractivity contribution is 0.590. The molecule has 0 heteroatoms. The minimum atomic E-state index is 0.0771. The van der Waals surface area contributed by atoms with Gasteiger partial charge in [-0.3, -0.25) is 0 Å². The van der Waals surface area contributed by atoms with E-state index in [1.165, 1.54) is 132 Å². The van der Waals surface area contributed by atoms with Gasteiger partial charge >= 0.3 is 0 Å². The third-order valence-electron chi connectivity index (χ3n) is 13.4. The highest BCUT2D eigenvalue weighted by molar-refractivity contribution is 6.29. The van der Waals surface area contributed by atoms with E-state index in [9.17, 15) is 0 Å². The van der Waals surface area contributed by atoms with Gasteiger partial charge in [0.2, 0.25) is 0 Å². The third-order valence-corrected chi connectivity index (χ3v) is 13.4. The summed E-state index contributed by atoms with van der Waals surface area (Å²) < 4.78 is 0. The predicted octanol–water partition coefficient (Wildman–Crippen LogP) is 16.7. The molecular weight excluding hydrogens is 697 g/mol. The number of hydrogen-bond acceptors (Lipinski definition) is 0. The molecule has 0 N–H and O–H groups in total. The molecule has 0 spiro atoms. The van der Waals surface area contributed by atoms with E-state index >= 15 is 0 Å². The van der Waals surface area contributed by atoms with Gasteiger partial charge in [0.05, 0.1) is 0 Å². The Morgan fingerprint density at radius 2 is 0.534 bits per heavy atom. The van der Waals surface area contributed by atoms with E-state index in [1.807, 2.05) is 0 Å². The van der Waals surface area contributed by atoms with Crippen LogP contribution in [0.4, 0.5) is 0 Å². The number of hydrogen-bond donors (Lipinski definition) is 0. The fourth-order valence-corrected chi connectivity index (χ4v) is 10.4. The van der Waals surface area contributed by atoms with Crippen LogP contribution in [0.1, 0.15) is 52.7 Å². The summed E-state index contributed by atoms with van der Waals surface area (Å²) in [6.45, 7) is 13.8.